The van der Waals surface area contributed by atoms with E-state index >= 15 is 0 Å². The van der Waals surface area contributed by atoms with Gasteiger partial charge in [-0.3, -0.25) is 14.2 Å². The summed E-state index contributed by atoms with van der Waals surface area (Å²) in [4.78, 5) is 32.0. The van der Waals surface area contributed by atoms with Crippen LogP contribution in [0.4, 0.5) is 5.69 Å². The van der Waals surface area contributed by atoms with Crippen molar-refractivity contribution in [2.45, 2.75) is 42.5 Å². The van der Waals surface area contributed by atoms with Crippen molar-refractivity contribution in [3.8, 4) is 5.69 Å². The van der Waals surface area contributed by atoms with Gasteiger partial charge in [-0.15, -0.1) is 11.8 Å². The smallest absolute Gasteiger partial charge is 0.272 e. The summed E-state index contributed by atoms with van der Waals surface area (Å²) in [5.74, 6) is 0.0212. The zero-order valence-electron chi connectivity index (χ0n) is 19.3. The van der Waals surface area contributed by atoms with Gasteiger partial charge in [0.25, 0.3) is 5.56 Å². The lowest BCUT2D eigenvalue weighted by Gasteiger charge is -2.15. The molecule has 5 rings (SSSR count). The van der Waals surface area contributed by atoms with Gasteiger partial charge in [0.1, 0.15) is 0 Å². The van der Waals surface area contributed by atoms with Crippen LogP contribution in [0.3, 0.4) is 0 Å². The van der Waals surface area contributed by atoms with Gasteiger partial charge in [0, 0.05) is 22.7 Å². The number of rotatable bonds is 5. The molecule has 1 aliphatic rings. The lowest BCUT2D eigenvalue weighted by molar-refractivity contribution is -0.113. The van der Waals surface area contributed by atoms with Crippen LogP contribution in [0.5, 0.6) is 0 Å². The first-order valence-electron chi connectivity index (χ1n) is 11.2. The van der Waals surface area contributed by atoms with Crippen LogP contribution >= 0.6 is 23.5 Å². The quantitative estimate of drug-likeness (QED) is 0.286. The molecular weight excluding hydrogens is 462 g/mol. The van der Waals surface area contributed by atoms with E-state index in [1.165, 1.54) is 11.8 Å². The number of amides is 1. The van der Waals surface area contributed by atoms with Crippen molar-refractivity contribution in [2.75, 3.05) is 11.1 Å². The molecular formula is C27H25N3O2S2. The topological polar surface area (TPSA) is 64.0 Å². The summed E-state index contributed by atoms with van der Waals surface area (Å²) in [5, 5.41) is 5.97. The van der Waals surface area contributed by atoms with Gasteiger partial charge in [0.15, 0.2) is 5.16 Å². The lowest BCUT2D eigenvalue weighted by Crippen LogP contribution is -2.25. The molecule has 2 heterocycles. The highest BCUT2D eigenvalue weighted by Crippen LogP contribution is 2.35. The predicted molar refractivity (Wildman–Crippen MR) is 142 cm³/mol. The highest BCUT2D eigenvalue weighted by molar-refractivity contribution is 8.00. The molecule has 4 aromatic rings. The van der Waals surface area contributed by atoms with Gasteiger partial charge in [-0.1, -0.05) is 61.2 Å². The van der Waals surface area contributed by atoms with Crippen molar-refractivity contribution in [3.63, 3.8) is 0 Å². The Kier molecular flexibility index (Phi) is 6.23. The monoisotopic (exact) mass is 487 g/mol. The van der Waals surface area contributed by atoms with Crippen molar-refractivity contribution >= 4 is 45.9 Å². The minimum atomic E-state index is -0.134. The number of nitrogens with one attached hydrogen (secondary N) is 1. The molecule has 3 aromatic carbocycles. The first kappa shape index (κ1) is 22.7. The van der Waals surface area contributed by atoms with Gasteiger partial charge in [-0.25, -0.2) is 4.98 Å². The van der Waals surface area contributed by atoms with E-state index in [1.807, 2.05) is 68.4 Å². The Morgan fingerprint density at radius 3 is 2.65 bits per heavy atom. The van der Waals surface area contributed by atoms with Crippen molar-refractivity contribution < 1.29 is 4.79 Å². The molecule has 1 amide bonds. The summed E-state index contributed by atoms with van der Waals surface area (Å²) in [6.07, 6.45) is 0.763. The van der Waals surface area contributed by atoms with Crippen LogP contribution < -0.4 is 10.9 Å². The molecule has 0 fully saturated rings. The number of fused-ring (bicyclic) bond motifs is 2. The van der Waals surface area contributed by atoms with Gasteiger partial charge in [-0.05, 0) is 48.6 Å². The summed E-state index contributed by atoms with van der Waals surface area (Å²) in [5.41, 5.74) is 4.50. The number of nitrogens with zero attached hydrogens (tertiary/aromatic N) is 2. The van der Waals surface area contributed by atoms with Crippen LogP contribution in [-0.2, 0) is 11.2 Å². The van der Waals surface area contributed by atoms with E-state index in [-0.39, 0.29) is 17.2 Å². The number of thioether (sulfide) groups is 2. The number of hydrogen-bond acceptors (Lipinski definition) is 5. The Bertz CT molecular complexity index is 1450. The van der Waals surface area contributed by atoms with E-state index in [2.05, 4.69) is 18.3 Å². The second kappa shape index (κ2) is 9.31. The first-order chi connectivity index (χ1) is 16.4. The number of aryl methyl sites for hydroxylation is 2. The Morgan fingerprint density at radius 1 is 1.12 bits per heavy atom. The third kappa shape index (κ3) is 4.50. The second-order valence-electron chi connectivity index (χ2n) is 8.65. The van der Waals surface area contributed by atoms with Gasteiger partial charge in [0.05, 0.1) is 22.0 Å². The molecule has 0 saturated heterocycles. The Labute approximate surface area is 207 Å². The summed E-state index contributed by atoms with van der Waals surface area (Å²) >= 11 is 2.88. The number of anilines is 1. The minimum absolute atomic E-state index is 0.0543. The van der Waals surface area contributed by atoms with E-state index in [1.54, 1.807) is 16.3 Å². The second-order valence-corrected chi connectivity index (χ2v) is 11.0. The van der Waals surface area contributed by atoms with Crippen LogP contribution in [-0.4, -0.2) is 26.5 Å². The Balaban J connectivity index is 1.46. The number of benzene rings is 3. The first-order valence-corrected chi connectivity index (χ1v) is 13.1. The summed E-state index contributed by atoms with van der Waals surface area (Å²) < 4.78 is 1.67. The van der Waals surface area contributed by atoms with Crippen LogP contribution in [0.25, 0.3) is 16.5 Å². The molecule has 1 N–H and O–H groups in total. The van der Waals surface area contributed by atoms with Gasteiger partial charge in [-0.2, -0.15) is 0 Å². The number of hydrogen-bond donors (Lipinski definition) is 1. The maximum atomic E-state index is 13.5. The largest absolute Gasteiger partial charge is 0.325 e. The fourth-order valence-corrected chi connectivity index (χ4v) is 6.28. The molecule has 0 spiro atoms. The third-order valence-corrected chi connectivity index (χ3v) is 7.90. The molecule has 172 valence electrons. The normalized spacial score (nSPS) is 14.9. The Hall–Kier alpha value is -3.03. The number of carbonyl (C=O) groups excluding carboxylic acids is 1. The summed E-state index contributed by atoms with van der Waals surface area (Å²) in [6, 6.07) is 19.9. The molecule has 1 unspecified atom stereocenters. The molecule has 1 aromatic heterocycles. The van der Waals surface area contributed by atoms with Gasteiger partial charge in [0.2, 0.25) is 5.91 Å². The zero-order chi connectivity index (χ0) is 23.8. The van der Waals surface area contributed by atoms with Crippen molar-refractivity contribution in [1.82, 2.24) is 9.55 Å². The average molecular weight is 488 g/mol. The van der Waals surface area contributed by atoms with Gasteiger partial charge < -0.3 is 5.32 Å². The fourth-order valence-electron chi connectivity index (χ4n) is 4.36. The predicted octanol–water partition coefficient (Wildman–Crippen LogP) is 5.77. The highest BCUT2D eigenvalue weighted by Gasteiger charge is 2.27. The average Bonchev–Trinajstić information content (AvgIpc) is 3.18. The molecule has 0 saturated carbocycles. The van der Waals surface area contributed by atoms with E-state index in [9.17, 15) is 9.59 Å². The van der Waals surface area contributed by atoms with E-state index in [0.717, 1.165) is 50.3 Å². The molecule has 34 heavy (non-hydrogen) atoms. The lowest BCUT2D eigenvalue weighted by atomic mass is 10.1. The molecule has 0 aliphatic carbocycles. The van der Waals surface area contributed by atoms with Crippen molar-refractivity contribution in [2.24, 2.45) is 0 Å². The van der Waals surface area contributed by atoms with Crippen molar-refractivity contribution in [1.29, 1.82) is 0 Å². The number of aromatic nitrogens is 2. The van der Waals surface area contributed by atoms with E-state index in [4.69, 9.17) is 4.98 Å². The van der Waals surface area contributed by atoms with E-state index in [0.29, 0.717) is 10.4 Å². The SMILES string of the molecule is Cc1cc(C)cc(-n2c(SCC(=O)Nc3cccc4ccccc34)nc3c(c2=O)SC(C)C3)c1. The molecule has 1 atom stereocenters. The minimum Gasteiger partial charge on any atom is -0.325 e. The van der Waals surface area contributed by atoms with Crippen LogP contribution in [0, 0.1) is 13.8 Å². The van der Waals surface area contributed by atoms with E-state index < -0.39 is 0 Å². The summed E-state index contributed by atoms with van der Waals surface area (Å²) in [6.45, 7) is 6.14. The molecule has 0 bridgehead atoms. The molecule has 0 radical (unpaired) electrons. The van der Waals surface area contributed by atoms with Gasteiger partial charge >= 0.3 is 0 Å². The van der Waals surface area contributed by atoms with Crippen LogP contribution in [0.2, 0.25) is 0 Å². The van der Waals surface area contributed by atoms with Crippen LogP contribution in [0.15, 0.2) is 75.5 Å². The van der Waals surface area contributed by atoms with Crippen LogP contribution in [0.1, 0.15) is 23.7 Å². The molecule has 1 aliphatic heterocycles. The standard InChI is InChI=1S/C27H25N3O2S2/c1-16-11-17(2)13-20(12-16)30-26(32)25-23(14-18(3)34-25)29-27(30)33-15-24(31)28-22-10-6-8-19-7-4-5-9-21(19)22/h4-13,18H,14-15H2,1-3H3,(H,28,31). The maximum Gasteiger partial charge on any atom is 0.272 e. The van der Waals surface area contributed by atoms with Crippen molar-refractivity contribution in [3.05, 3.63) is 87.8 Å². The third-order valence-electron chi connectivity index (χ3n) is 5.74. The molecule has 5 nitrogen and oxygen atoms in total. The Morgan fingerprint density at radius 2 is 1.85 bits per heavy atom. The number of carbonyl (C=O) groups is 1. The fraction of sp³-hybridized carbons (Fsp3) is 0.222. The summed E-state index contributed by atoms with van der Waals surface area (Å²) in [7, 11) is 0. The highest BCUT2D eigenvalue weighted by atomic mass is 32.2. The molecule has 7 heteroatoms. The maximum absolute atomic E-state index is 13.5. The zero-order valence-corrected chi connectivity index (χ0v) is 20.9.